The molecule has 0 radical (unpaired) electrons. The lowest BCUT2D eigenvalue weighted by Gasteiger charge is -2.16. The van der Waals surface area contributed by atoms with Crippen LogP contribution >= 0.6 is 11.3 Å². The van der Waals surface area contributed by atoms with Gasteiger partial charge >= 0.3 is 0 Å². The van der Waals surface area contributed by atoms with E-state index in [1.807, 2.05) is 0 Å². The van der Waals surface area contributed by atoms with Gasteiger partial charge in [0.25, 0.3) is 0 Å². The molecule has 2 nitrogen and oxygen atoms in total. The predicted octanol–water partition coefficient (Wildman–Crippen LogP) is 4.61. The minimum absolute atomic E-state index is 0.178. The van der Waals surface area contributed by atoms with Crippen molar-refractivity contribution in [1.82, 2.24) is 10.3 Å². The van der Waals surface area contributed by atoms with Crippen LogP contribution in [0.3, 0.4) is 0 Å². The first-order valence-corrected chi connectivity index (χ1v) is 8.16. The maximum atomic E-state index is 4.74. The van der Waals surface area contributed by atoms with Gasteiger partial charge in [-0.3, -0.25) is 0 Å². The normalized spacial score (nSPS) is 12.7. The Balaban J connectivity index is 2.06. The summed E-state index contributed by atoms with van der Waals surface area (Å²) in [7, 11) is 0. The third-order valence-electron chi connectivity index (χ3n) is 3.81. The number of aromatic nitrogens is 1. The fourth-order valence-corrected chi connectivity index (χ4v) is 3.59. The summed E-state index contributed by atoms with van der Waals surface area (Å²) in [4.78, 5) is 6.04. The van der Waals surface area contributed by atoms with Gasteiger partial charge < -0.3 is 5.32 Å². The number of hydrogen-bond acceptors (Lipinski definition) is 3. The summed E-state index contributed by atoms with van der Waals surface area (Å²) in [6, 6.07) is 15.3. The molecule has 0 amide bonds. The summed E-state index contributed by atoms with van der Waals surface area (Å²) in [5.41, 5.74) is 2.42. The fraction of sp³-hybridized carbons (Fsp3) is 0.278. The molecule has 1 N–H and O–H groups in total. The van der Waals surface area contributed by atoms with E-state index >= 15 is 0 Å². The first kappa shape index (κ1) is 14.2. The quantitative estimate of drug-likeness (QED) is 0.760. The van der Waals surface area contributed by atoms with E-state index in [-0.39, 0.29) is 6.04 Å². The Morgan fingerprint density at radius 1 is 1.10 bits per heavy atom. The van der Waals surface area contributed by atoms with Gasteiger partial charge in [0, 0.05) is 4.88 Å². The Morgan fingerprint density at radius 3 is 2.52 bits per heavy atom. The summed E-state index contributed by atoms with van der Waals surface area (Å²) in [6.07, 6.45) is 0. The van der Waals surface area contributed by atoms with E-state index < -0.39 is 0 Å². The molecule has 1 aromatic heterocycles. The van der Waals surface area contributed by atoms with Crippen LogP contribution in [0.25, 0.3) is 10.8 Å². The average Bonchev–Trinajstić information content (AvgIpc) is 2.83. The molecule has 0 bridgehead atoms. The molecule has 108 valence electrons. The van der Waals surface area contributed by atoms with Crippen LogP contribution in [0.4, 0.5) is 0 Å². The van der Waals surface area contributed by atoms with Gasteiger partial charge in [0.1, 0.15) is 5.01 Å². The number of nitrogens with zero attached hydrogens (tertiary/aromatic N) is 1. The van der Waals surface area contributed by atoms with Crippen LogP contribution in [0.1, 0.15) is 34.1 Å². The molecule has 0 aliphatic heterocycles. The standard InChI is InChI=1S/C18H20N2S/c1-4-19-17(18-20-12(2)13(3)21-18)16-10-9-14-7-5-6-8-15(14)11-16/h5-11,17,19H,4H2,1-3H3. The highest BCUT2D eigenvalue weighted by atomic mass is 32.1. The second-order valence-electron chi connectivity index (χ2n) is 5.29. The Morgan fingerprint density at radius 2 is 1.86 bits per heavy atom. The third kappa shape index (κ3) is 2.85. The number of fused-ring (bicyclic) bond motifs is 1. The Bertz CT molecular complexity index is 741. The van der Waals surface area contributed by atoms with Gasteiger partial charge in [-0.2, -0.15) is 0 Å². The fourth-order valence-electron chi connectivity index (χ4n) is 2.56. The van der Waals surface area contributed by atoms with Gasteiger partial charge in [0.15, 0.2) is 0 Å². The number of hydrogen-bond donors (Lipinski definition) is 1. The number of benzene rings is 2. The summed E-state index contributed by atoms with van der Waals surface area (Å²) < 4.78 is 0. The minimum atomic E-state index is 0.178. The molecular weight excluding hydrogens is 276 g/mol. The molecule has 2 aromatic carbocycles. The highest BCUT2D eigenvalue weighted by Gasteiger charge is 2.18. The lowest BCUT2D eigenvalue weighted by molar-refractivity contribution is 0.627. The van der Waals surface area contributed by atoms with E-state index in [2.05, 4.69) is 68.6 Å². The molecule has 1 heterocycles. The summed E-state index contributed by atoms with van der Waals surface area (Å²) in [5.74, 6) is 0. The van der Waals surface area contributed by atoms with Gasteiger partial charge in [-0.1, -0.05) is 43.3 Å². The molecule has 3 rings (SSSR count). The van der Waals surface area contributed by atoms with Crippen LogP contribution in [0.2, 0.25) is 0 Å². The highest BCUT2D eigenvalue weighted by molar-refractivity contribution is 7.11. The predicted molar refractivity (Wildman–Crippen MR) is 91.1 cm³/mol. The zero-order chi connectivity index (χ0) is 14.8. The molecule has 3 aromatic rings. The van der Waals surface area contributed by atoms with Crippen LogP contribution < -0.4 is 5.32 Å². The van der Waals surface area contributed by atoms with Crippen molar-refractivity contribution in [1.29, 1.82) is 0 Å². The molecule has 21 heavy (non-hydrogen) atoms. The van der Waals surface area contributed by atoms with Crippen molar-refractivity contribution in [3.05, 3.63) is 63.6 Å². The monoisotopic (exact) mass is 296 g/mol. The lowest BCUT2D eigenvalue weighted by Crippen LogP contribution is -2.21. The van der Waals surface area contributed by atoms with E-state index in [1.165, 1.54) is 21.2 Å². The maximum absolute atomic E-state index is 4.74. The molecular formula is C18H20N2S. The smallest absolute Gasteiger partial charge is 0.115 e. The molecule has 0 saturated heterocycles. The summed E-state index contributed by atoms with van der Waals surface area (Å²) in [6.45, 7) is 7.29. The molecule has 0 spiro atoms. The van der Waals surface area contributed by atoms with Gasteiger partial charge in [-0.05, 0) is 42.8 Å². The minimum Gasteiger partial charge on any atom is -0.305 e. The zero-order valence-corrected chi connectivity index (χ0v) is 13.5. The highest BCUT2D eigenvalue weighted by Crippen LogP contribution is 2.29. The van der Waals surface area contributed by atoms with E-state index in [9.17, 15) is 0 Å². The SMILES string of the molecule is CCNC(c1ccc2ccccc2c1)c1nc(C)c(C)s1. The summed E-state index contributed by atoms with van der Waals surface area (Å²) in [5, 5.41) is 7.28. The number of thiazole rings is 1. The Kier molecular flexibility index (Phi) is 4.04. The van der Waals surface area contributed by atoms with Gasteiger partial charge in [-0.15, -0.1) is 11.3 Å². The van der Waals surface area contributed by atoms with Crippen molar-refractivity contribution in [2.24, 2.45) is 0 Å². The molecule has 0 aliphatic rings. The van der Waals surface area contributed by atoms with E-state index in [0.717, 1.165) is 17.2 Å². The largest absolute Gasteiger partial charge is 0.305 e. The first-order valence-electron chi connectivity index (χ1n) is 7.35. The topological polar surface area (TPSA) is 24.9 Å². The molecule has 3 heteroatoms. The lowest BCUT2D eigenvalue weighted by atomic mass is 10.0. The van der Waals surface area contributed by atoms with Crippen LogP contribution in [0.5, 0.6) is 0 Å². The number of aryl methyl sites for hydroxylation is 2. The number of rotatable bonds is 4. The van der Waals surface area contributed by atoms with Crippen LogP contribution in [0, 0.1) is 13.8 Å². The Labute approximate surface area is 129 Å². The second kappa shape index (κ2) is 5.96. The van der Waals surface area contributed by atoms with Gasteiger partial charge in [0.2, 0.25) is 0 Å². The van der Waals surface area contributed by atoms with Crippen molar-refractivity contribution in [2.75, 3.05) is 6.54 Å². The van der Waals surface area contributed by atoms with Crippen molar-refractivity contribution in [2.45, 2.75) is 26.8 Å². The van der Waals surface area contributed by atoms with Crippen molar-refractivity contribution < 1.29 is 0 Å². The third-order valence-corrected chi connectivity index (χ3v) is 4.94. The van der Waals surface area contributed by atoms with Crippen LogP contribution in [-0.2, 0) is 0 Å². The molecule has 0 fully saturated rings. The van der Waals surface area contributed by atoms with E-state index in [1.54, 1.807) is 11.3 Å². The molecule has 1 atom stereocenters. The molecule has 0 aliphatic carbocycles. The van der Waals surface area contributed by atoms with Crippen LogP contribution in [-0.4, -0.2) is 11.5 Å². The van der Waals surface area contributed by atoms with Crippen LogP contribution in [0.15, 0.2) is 42.5 Å². The Hall–Kier alpha value is -1.71. The average molecular weight is 296 g/mol. The first-order chi connectivity index (χ1) is 10.2. The second-order valence-corrected chi connectivity index (χ2v) is 6.53. The maximum Gasteiger partial charge on any atom is 0.115 e. The molecule has 1 unspecified atom stereocenters. The number of nitrogens with one attached hydrogen (secondary N) is 1. The van der Waals surface area contributed by atoms with E-state index in [4.69, 9.17) is 4.98 Å². The molecule has 0 saturated carbocycles. The van der Waals surface area contributed by atoms with Crippen molar-refractivity contribution in [3.8, 4) is 0 Å². The summed E-state index contributed by atoms with van der Waals surface area (Å²) >= 11 is 1.79. The van der Waals surface area contributed by atoms with Gasteiger partial charge in [-0.25, -0.2) is 4.98 Å². The zero-order valence-electron chi connectivity index (χ0n) is 12.7. The van der Waals surface area contributed by atoms with Crippen molar-refractivity contribution in [3.63, 3.8) is 0 Å². The van der Waals surface area contributed by atoms with Gasteiger partial charge in [0.05, 0.1) is 11.7 Å². The van der Waals surface area contributed by atoms with Crippen molar-refractivity contribution >= 4 is 22.1 Å². The van der Waals surface area contributed by atoms with E-state index in [0.29, 0.717) is 0 Å².